The van der Waals surface area contributed by atoms with Crippen molar-refractivity contribution in [2.75, 3.05) is 19.4 Å². The first kappa shape index (κ1) is 14.2. The molecule has 1 aromatic carbocycles. The second-order valence-corrected chi connectivity index (χ2v) is 4.58. The number of carbonyl (C=O) groups excluding carboxylic acids is 1. The van der Waals surface area contributed by atoms with E-state index in [9.17, 15) is 4.79 Å². The van der Waals surface area contributed by atoms with E-state index in [2.05, 4.69) is 10.3 Å². The Morgan fingerprint density at radius 3 is 3.00 bits per heavy atom. The average molecular weight is 276 g/mol. The number of amides is 1. The summed E-state index contributed by atoms with van der Waals surface area (Å²) in [5.41, 5.74) is 7.59. The van der Waals surface area contributed by atoms with Gasteiger partial charge in [0.25, 0.3) is 0 Å². The summed E-state index contributed by atoms with van der Waals surface area (Å²) in [5.74, 6) is 1.18. The van der Waals surface area contributed by atoms with E-state index in [1.807, 2.05) is 29.7 Å². The third kappa shape index (κ3) is 3.01. The summed E-state index contributed by atoms with van der Waals surface area (Å²) in [5, 5.41) is 2.85. The maximum atomic E-state index is 11.6. The number of fused-ring (bicyclic) bond motifs is 1. The van der Waals surface area contributed by atoms with Gasteiger partial charge in [0, 0.05) is 25.6 Å². The summed E-state index contributed by atoms with van der Waals surface area (Å²) >= 11 is 0. The molecular weight excluding hydrogens is 256 g/mol. The molecule has 108 valence electrons. The first-order chi connectivity index (χ1) is 9.65. The molecule has 0 fully saturated rings. The Balaban J connectivity index is 2.13. The number of aryl methyl sites for hydroxylation is 1. The van der Waals surface area contributed by atoms with Gasteiger partial charge in [0.15, 0.2) is 0 Å². The van der Waals surface area contributed by atoms with E-state index in [4.69, 9.17) is 10.5 Å². The van der Waals surface area contributed by atoms with Gasteiger partial charge in [-0.3, -0.25) is 4.79 Å². The Labute approximate surface area is 117 Å². The fourth-order valence-corrected chi connectivity index (χ4v) is 2.06. The van der Waals surface area contributed by atoms with Crippen LogP contribution in [0.25, 0.3) is 11.0 Å². The van der Waals surface area contributed by atoms with E-state index >= 15 is 0 Å². The molecule has 0 aliphatic heterocycles. The molecule has 2 rings (SSSR count). The van der Waals surface area contributed by atoms with E-state index < -0.39 is 0 Å². The maximum absolute atomic E-state index is 11.6. The number of imidazole rings is 1. The van der Waals surface area contributed by atoms with Gasteiger partial charge in [-0.2, -0.15) is 0 Å². The fourth-order valence-electron chi connectivity index (χ4n) is 2.06. The third-order valence-corrected chi connectivity index (χ3v) is 3.12. The SMILES string of the molecule is CCCNC(=O)CCn1c(N)nc2cc(OC)ccc21. The van der Waals surface area contributed by atoms with Crippen LogP contribution in [0.5, 0.6) is 5.75 Å². The lowest BCUT2D eigenvalue weighted by molar-refractivity contribution is -0.121. The molecule has 0 saturated carbocycles. The zero-order valence-electron chi connectivity index (χ0n) is 11.8. The monoisotopic (exact) mass is 276 g/mol. The van der Waals surface area contributed by atoms with E-state index in [-0.39, 0.29) is 5.91 Å². The maximum Gasteiger partial charge on any atom is 0.221 e. The Kier molecular flexibility index (Phi) is 4.45. The molecule has 0 atom stereocenters. The van der Waals surface area contributed by atoms with Gasteiger partial charge in [0.05, 0.1) is 18.1 Å². The largest absolute Gasteiger partial charge is 0.497 e. The van der Waals surface area contributed by atoms with Crippen molar-refractivity contribution < 1.29 is 9.53 Å². The molecule has 0 spiro atoms. The lowest BCUT2D eigenvalue weighted by Gasteiger charge is -2.07. The van der Waals surface area contributed by atoms with Gasteiger partial charge >= 0.3 is 0 Å². The summed E-state index contributed by atoms with van der Waals surface area (Å²) in [6.45, 7) is 3.25. The van der Waals surface area contributed by atoms with Crippen molar-refractivity contribution in [3.05, 3.63) is 18.2 Å². The van der Waals surface area contributed by atoms with Crippen LogP contribution in [-0.4, -0.2) is 29.1 Å². The number of carbonyl (C=O) groups is 1. The molecule has 0 aliphatic carbocycles. The van der Waals surface area contributed by atoms with Crippen LogP contribution in [0.4, 0.5) is 5.95 Å². The number of benzene rings is 1. The summed E-state index contributed by atoms with van der Waals surface area (Å²) < 4.78 is 7.01. The molecule has 0 radical (unpaired) electrons. The summed E-state index contributed by atoms with van der Waals surface area (Å²) in [7, 11) is 1.61. The van der Waals surface area contributed by atoms with Crippen molar-refractivity contribution in [2.24, 2.45) is 0 Å². The quantitative estimate of drug-likeness (QED) is 0.838. The molecule has 3 N–H and O–H groups in total. The minimum atomic E-state index is 0.0293. The normalized spacial score (nSPS) is 10.7. The average Bonchev–Trinajstić information content (AvgIpc) is 2.77. The van der Waals surface area contributed by atoms with Crippen molar-refractivity contribution in [3.8, 4) is 5.75 Å². The highest BCUT2D eigenvalue weighted by molar-refractivity contribution is 5.80. The molecule has 1 aromatic heterocycles. The number of hydrogen-bond donors (Lipinski definition) is 2. The molecule has 1 heterocycles. The van der Waals surface area contributed by atoms with Gasteiger partial charge in [0.1, 0.15) is 5.75 Å². The molecule has 1 amide bonds. The Morgan fingerprint density at radius 2 is 2.30 bits per heavy atom. The Bertz CT molecular complexity index is 606. The molecule has 0 unspecified atom stereocenters. The van der Waals surface area contributed by atoms with E-state index in [1.54, 1.807) is 7.11 Å². The molecular formula is C14H20N4O2. The second kappa shape index (κ2) is 6.27. The van der Waals surface area contributed by atoms with Gasteiger partial charge in [-0.05, 0) is 18.6 Å². The molecule has 6 heteroatoms. The lowest BCUT2D eigenvalue weighted by atomic mass is 10.3. The summed E-state index contributed by atoms with van der Waals surface area (Å²) in [4.78, 5) is 15.9. The third-order valence-electron chi connectivity index (χ3n) is 3.12. The molecule has 0 bridgehead atoms. The van der Waals surface area contributed by atoms with Gasteiger partial charge in [-0.15, -0.1) is 0 Å². The number of hydrogen-bond acceptors (Lipinski definition) is 4. The highest BCUT2D eigenvalue weighted by atomic mass is 16.5. The first-order valence-electron chi connectivity index (χ1n) is 6.72. The van der Waals surface area contributed by atoms with Gasteiger partial charge in [-0.25, -0.2) is 4.98 Å². The van der Waals surface area contributed by atoms with E-state index in [0.717, 1.165) is 23.2 Å². The van der Waals surface area contributed by atoms with Crippen LogP contribution in [0, 0.1) is 0 Å². The van der Waals surface area contributed by atoms with Gasteiger partial charge in [0.2, 0.25) is 11.9 Å². The summed E-state index contributed by atoms with van der Waals surface area (Å²) in [6, 6.07) is 5.60. The highest BCUT2D eigenvalue weighted by Gasteiger charge is 2.10. The number of nitrogen functional groups attached to an aromatic ring is 1. The van der Waals surface area contributed by atoms with Crippen LogP contribution in [0.3, 0.4) is 0 Å². The number of ether oxygens (including phenoxy) is 1. The molecule has 20 heavy (non-hydrogen) atoms. The van der Waals surface area contributed by atoms with E-state index in [1.165, 1.54) is 0 Å². The van der Waals surface area contributed by atoms with Crippen LogP contribution in [0.2, 0.25) is 0 Å². The topological polar surface area (TPSA) is 82.2 Å². The number of rotatable bonds is 6. The summed E-state index contributed by atoms with van der Waals surface area (Å²) in [6.07, 6.45) is 1.32. The first-order valence-corrected chi connectivity index (χ1v) is 6.72. The zero-order chi connectivity index (χ0) is 14.5. The lowest BCUT2D eigenvalue weighted by Crippen LogP contribution is -2.25. The van der Waals surface area contributed by atoms with Crippen LogP contribution in [0.1, 0.15) is 19.8 Å². The zero-order valence-corrected chi connectivity index (χ0v) is 11.8. The van der Waals surface area contributed by atoms with Gasteiger partial charge in [-0.1, -0.05) is 6.92 Å². The predicted octanol–water partition coefficient (Wildman–Crippen LogP) is 1.54. The highest BCUT2D eigenvalue weighted by Crippen LogP contribution is 2.22. The minimum absolute atomic E-state index is 0.0293. The number of methoxy groups -OCH3 is 1. The van der Waals surface area contributed by atoms with Crippen LogP contribution >= 0.6 is 0 Å². The molecule has 0 saturated heterocycles. The van der Waals surface area contributed by atoms with Crippen molar-refractivity contribution >= 4 is 22.9 Å². The van der Waals surface area contributed by atoms with Crippen molar-refractivity contribution in [1.29, 1.82) is 0 Å². The minimum Gasteiger partial charge on any atom is -0.497 e. The van der Waals surface area contributed by atoms with Crippen LogP contribution in [0.15, 0.2) is 18.2 Å². The smallest absolute Gasteiger partial charge is 0.221 e. The predicted molar refractivity (Wildman–Crippen MR) is 78.6 cm³/mol. The van der Waals surface area contributed by atoms with Gasteiger partial charge < -0.3 is 20.4 Å². The number of nitrogens with zero attached hydrogens (tertiary/aromatic N) is 2. The number of aromatic nitrogens is 2. The number of nitrogens with one attached hydrogen (secondary N) is 1. The number of anilines is 1. The van der Waals surface area contributed by atoms with Crippen molar-refractivity contribution in [1.82, 2.24) is 14.9 Å². The van der Waals surface area contributed by atoms with Crippen LogP contribution in [-0.2, 0) is 11.3 Å². The molecule has 2 aromatic rings. The Morgan fingerprint density at radius 1 is 1.50 bits per heavy atom. The van der Waals surface area contributed by atoms with Crippen molar-refractivity contribution in [3.63, 3.8) is 0 Å². The van der Waals surface area contributed by atoms with Crippen molar-refractivity contribution in [2.45, 2.75) is 26.3 Å². The second-order valence-electron chi connectivity index (χ2n) is 4.58. The fraction of sp³-hybridized carbons (Fsp3) is 0.429. The van der Waals surface area contributed by atoms with E-state index in [0.29, 0.717) is 25.5 Å². The number of nitrogens with two attached hydrogens (primary N) is 1. The standard InChI is InChI=1S/C14H20N4O2/c1-3-7-16-13(19)6-8-18-12-5-4-10(20-2)9-11(12)17-14(18)15/h4-5,9H,3,6-8H2,1-2H3,(H2,15,17)(H,16,19). The van der Waals surface area contributed by atoms with Crippen LogP contribution < -0.4 is 15.8 Å². The Hall–Kier alpha value is -2.24. The molecule has 0 aliphatic rings. The molecule has 6 nitrogen and oxygen atoms in total.